The van der Waals surface area contributed by atoms with E-state index in [4.69, 9.17) is 4.74 Å². The number of ether oxygens (including phenoxy) is 1. The molecule has 1 amide bonds. The lowest BCUT2D eigenvalue weighted by Gasteiger charge is -2.32. The molecule has 1 aromatic carbocycles. The number of benzene rings is 1. The zero-order valence-corrected chi connectivity index (χ0v) is 14.0. The van der Waals surface area contributed by atoms with Gasteiger partial charge in [-0.15, -0.1) is 5.10 Å². The first-order chi connectivity index (χ1) is 11.5. The monoisotopic (exact) mass is 329 g/mol. The maximum atomic E-state index is 12.6. The number of carbonyl (C=O) groups is 1. The molecule has 7 heteroatoms. The Morgan fingerprint density at radius 3 is 2.67 bits per heavy atom. The van der Waals surface area contributed by atoms with Crippen LogP contribution in [0.5, 0.6) is 0 Å². The molecule has 3 rings (SSSR count). The molecular formula is C17H23N5O2. The SMILES string of the molecule is CC(C)(NC1CCOCC1)C(=O)Nc1n[nH]c(-c2ccccc2)n1. The summed E-state index contributed by atoms with van der Waals surface area (Å²) < 4.78 is 5.35. The van der Waals surface area contributed by atoms with Crippen molar-refractivity contribution in [2.45, 2.75) is 38.3 Å². The van der Waals surface area contributed by atoms with Gasteiger partial charge in [-0.1, -0.05) is 30.3 Å². The molecule has 7 nitrogen and oxygen atoms in total. The summed E-state index contributed by atoms with van der Waals surface area (Å²) in [7, 11) is 0. The average molecular weight is 329 g/mol. The number of aromatic nitrogens is 3. The second kappa shape index (κ2) is 7.11. The van der Waals surface area contributed by atoms with Gasteiger partial charge in [0.2, 0.25) is 11.9 Å². The second-order valence-electron chi connectivity index (χ2n) is 6.48. The summed E-state index contributed by atoms with van der Waals surface area (Å²) in [5.74, 6) is 0.745. The molecule has 2 heterocycles. The van der Waals surface area contributed by atoms with Gasteiger partial charge >= 0.3 is 0 Å². The number of rotatable bonds is 5. The smallest absolute Gasteiger partial charge is 0.249 e. The van der Waals surface area contributed by atoms with Gasteiger partial charge in [0.15, 0.2) is 5.82 Å². The first kappa shape index (κ1) is 16.6. The predicted octanol–water partition coefficient (Wildman–Crippen LogP) is 1.96. The van der Waals surface area contributed by atoms with Gasteiger partial charge in [-0.05, 0) is 26.7 Å². The molecule has 0 atom stereocenters. The molecule has 1 saturated heterocycles. The number of carbonyl (C=O) groups excluding carboxylic acids is 1. The van der Waals surface area contributed by atoms with E-state index in [2.05, 4.69) is 25.8 Å². The van der Waals surface area contributed by atoms with E-state index in [9.17, 15) is 4.79 Å². The Bertz CT molecular complexity index is 677. The number of hydrogen-bond acceptors (Lipinski definition) is 5. The molecule has 0 saturated carbocycles. The van der Waals surface area contributed by atoms with Gasteiger partial charge in [0.05, 0.1) is 5.54 Å². The molecule has 0 unspecified atom stereocenters. The normalized spacial score (nSPS) is 16.1. The van der Waals surface area contributed by atoms with Gasteiger partial charge in [-0.25, -0.2) is 0 Å². The third-order valence-electron chi connectivity index (χ3n) is 4.11. The van der Waals surface area contributed by atoms with Crippen molar-refractivity contribution in [1.29, 1.82) is 0 Å². The molecule has 1 aliphatic heterocycles. The molecule has 0 bridgehead atoms. The number of nitrogens with one attached hydrogen (secondary N) is 3. The van der Waals surface area contributed by atoms with E-state index in [1.807, 2.05) is 44.2 Å². The van der Waals surface area contributed by atoms with Crippen LogP contribution in [0.2, 0.25) is 0 Å². The highest BCUT2D eigenvalue weighted by Gasteiger charge is 2.31. The largest absolute Gasteiger partial charge is 0.381 e. The minimum Gasteiger partial charge on any atom is -0.381 e. The maximum Gasteiger partial charge on any atom is 0.249 e. The van der Waals surface area contributed by atoms with Crippen molar-refractivity contribution >= 4 is 11.9 Å². The molecule has 0 radical (unpaired) electrons. The van der Waals surface area contributed by atoms with Crippen LogP contribution in [0.4, 0.5) is 5.95 Å². The van der Waals surface area contributed by atoms with Crippen molar-refractivity contribution in [2.75, 3.05) is 18.5 Å². The molecule has 0 aliphatic carbocycles. The molecule has 1 fully saturated rings. The summed E-state index contributed by atoms with van der Waals surface area (Å²) in [5, 5.41) is 13.1. The van der Waals surface area contributed by atoms with Crippen molar-refractivity contribution in [3.8, 4) is 11.4 Å². The molecule has 1 aliphatic rings. The van der Waals surface area contributed by atoms with E-state index in [1.165, 1.54) is 0 Å². The first-order valence-corrected chi connectivity index (χ1v) is 8.19. The summed E-state index contributed by atoms with van der Waals surface area (Å²) in [6, 6.07) is 9.94. The van der Waals surface area contributed by atoms with E-state index in [1.54, 1.807) is 0 Å². The number of anilines is 1. The van der Waals surface area contributed by atoms with E-state index in [-0.39, 0.29) is 17.9 Å². The fourth-order valence-corrected chi connectivity index (χ4v) is 2.72. The van der Waals surface area contributed by atoms with E-state index in [0.717, 1.165) is 31.6 Å². The quantitative estimate of drug-likeness (QED) is 0.780. The Hall–Kier alpha value is -2.25. The van der Waals surface area contributed by atoms with Crippen molar-refractivity contribution in [3.63, 3.8) is 0 Å². The Balaban J connectivity index is 1.62. The second-order valence-corrected chi connectivity index (χ2v) is 6.48. The Kier molecular flexibility index (Phi) is 4.92. The summed E-state index contributed by atoms with van der Waals surface area (Å²) in [6.45, 7) is 5.19. The summed E-state index contributed by atoms with van der Waals surface area (Å²) in [6.07, 6.45) is 1.82. The summed E-state index contributed by atoms with van der Waals surface area (Å²) >= 11 is 0. The van der Waals surface area contributed by atoms with Crippen LogP contribution >= 0.6 is 0 Å². The van der Waals surface area contributed by atoms with Crippen molar-refractivity contribution in [3.05, 3.63) is 30.3 Å². The van der Waals surface area contributed by atoms with E-state index >= 15 is 0 Å². The Labute approximate surface area is 141 Å². The zero-order valence-electron chi connectivity index (χ0n) is 14.0. The van der Waals surface area contributed by atoms with Gasteiger partial charge in [-0.3, -0.25) is 15.2 Å². The van der Waals surface area contributed by atoms with Crippen LogP contribution in [0.1, 0.15) is 26.7 Å². The van der Waals surface area contributed by atoms with Gasteiger partial charge in [0, 0.05) is 24.8 Å². The van der Waals surface area contributed by atoms with Crippen LogP contribution in [0.25, 0.3) is 11.4 Å². The molecule has 1 aromatic heterocycles. The third-order valence-corrected chi connectivity index (χ3v) is 4.11. The predicted molar refractivity (Wildman–Crippen MR) is 91.5 cm³/mol. The van der Waals surface area contributed by atoms with Crippen molar-refractivity contribution in [1.82, 2.24) is 20.5 Å². The maximum absolute atomic E-state index is 12.6. The molecule has 0 spiro atoms. The number of nitrogens with zero attached hydrogens (tertiary/aromatic N) is 2. The minimum absolute atomic E-state index is 0.160. The van der Waals surface area contributed by atoms with Gasteiger partial charge in [0.25, 0.3) is 0 Å². The highest BCUT2D eigenvalue weighted by molar-refractivity contribution is 5.96. The van der Waals surface area contributed by atoms with Crippen LogP contribution < -0.4 is 10.6 Å². The number of hydrogen-bond donors (Lipinski definition) is 3. The average Bonchev–Trinajstić information content (AvgIpc) is 3.05. The van der Waals surface area contributed by atoms with Gasteiger partial charge in [-0.2, -0.15) is 4.98 Å². The highest BCUT2D eigenvalue weighted by atomic mass is 16.5. The summed E-state index contributed by atoms with van der Waals surface area (Å²) in [4.78, 5) is 16.9. The van der Waals surface area contributed by atoms with E-state index < -0.39 is 5.54 Å². The number of amides is 1. The third kappa shape index (κ3) is 3.98. The number of aromatic amines is 1. The van der Waals surface area contributed by atoms with Crippen molar-refractivity contribution in [2.24, 2.45) is 0 Å². The highest BCUT2D eigenvalue weighted by Crippen LogP contribution is 2.17. The molecule has 2 aromatic rings. The Morgan fingerprint density at radius 2 is 1.96 bits per heavy atom. The minimum atomic E-state index is -0.713. The topological polar surface area (TPSA) is 91.9 Å². The molecule has 3 N–H and O–H groups in total. The van der Waals surface area contributed by atoms with Gasteiger partial charge in [0.1, 0.15) is 0 Å². The zero-order chi connectivity index (χ0) is 17.0. The van der Waals surface area contributed by atoms with Crippen molar-refractivity contribution < 1.29 is 9.53 Å². The number of H-pyrrole nitrogens is 1. The van der Waals surface area contributed by atoms with E-state index in [0.29, 0.717) is 5.82 Å². The van der Waals surface area contributed by atoms with Crippen LogP contribution in [-0.4, -0.2) is 45.9 Å². The van der Waals surface area contributed by atoms with Crippen LogP contribution in [0.3, 0.4) is 0 Å². The molecule has 128 valence electrons. The molecular weight excluding hydrogens is 306 g/mol. The van der Waals surface area contributed by atoms with Crippen LogP contribution in [0, 0.1) is 0 Å². The lowest BCUT2D eigenvalue weighted by molar-refractivity contribution is -0.121. The first-order valence-electron chi connectivity index (χ1n) is 8.19. The Morgan fingerprint density at radius 1 is 1.25 bits per heavy atom. The summed E-state index contributed by atoms with van der Waals surface area (Å²) in [5.41, 5.74) is 0.209. The van der Waals surface area contributed by atoms with Gasteiger partial charge < -0.3 is 10.1 Å². The fourth-order valence-electron chi connectivity index (χ4n) is 2.72. The van der Waals surface area contributed by atoms with Crippen LogP contribution in [-0.2, 0) is 9.53 Å². The lowest BCUT2D eigenvalue weighted by atomic mass is 9.99. The standard InChI is InChI=1S/C17H23N5O2/c1-17(2,20-13-8-10-24-11-9-13)15(23)19-16-18-14(21-22-16)12-6-4-3-5-7-12/h3-7,13,20H,8-11H2,1-2H3,(H2,18,19,21,22,23). The van der Waals surface area contributed by atoms with Crippen LogP contribution in [0.15, 0.2) is 30.3 Å². The fraction of sp³-hybridized carbons (Fsp3) is 0.471. The lowest BCUT2D eigenvalue weighted by Crippen LogP contribution is -2.55. The molecule has 24 heavy (non-hydrogen) atoms.